The zero-order chi connectivity index (χ0) is 37.8. The molecule has 8 nitrogen and oxygen atoms in total. The fourth-order valence-corrected chi connectivity index (χ4v) is 12.3. The molecular weight excluding hydrogens is 723 g/mol. The molecule has 1 N–H and O–H groups in total. The summed E-state index contributed by atoms with van der Waals surface area (Å²) in [5.41, 5.74) is 3.13. The van der Waals surface area contributed by atoms with E-state index in [-0.39, 0.29) is 34.4 Å². The van der Waals surface area contributed by atoms with Crippen molar-refractivity contribution in [1.82, 2.24) is 14.5 Å². The lowest BCUT2D eigenvalue weighted by Crippen LogP contribution is -2.62. The first-order valence-electron chi connectivity index (χ1n) is 20.2. The van der Waals surface area contributed by atoms with Crippen LogP contribution in [0.2, 0.25) is 5.02 Å². The molecule has 2 aromatic carbocycles. The lowest BCUT2D eigenvalue weighted by atomic mass is 9.63. The molecule has 8 rings (SSSR count). The van der Waals surface area contributed by atoms with Gasteiger partial charge in [-0.3, -0.25) is 19.3 Å². The maximum Gasteiger partial charge on any atom is 0.262 e. The van der Waals surface area contributed by atoms with E-state index in [4.69, 9.17) is 21.1 Å². The number of piperidine rings is 1. The third-order valence-electron chi connectivity index (χ3n) is 14.2. The van der Waals surface area contributed by atoms with Crippen molar-refractivity contribution in [3.05, 3.63) is 70.3 Å². The van der Waals surface area contributed by atoms with Crippen LogP contribution in [-0.4, -0.2) is 108 Å². The minimum absolute atomic E-state index is 0.00107. The number of alkyl halides is 1. The Bertz CT molecular complexity index is 1880. The average molecular weight is 781 g/mol. The number of carbonyl (C=O) groups excluding carboxylic acids is 1. The summed E-state index contributed by atoms with van der Waals surface area (Å²) in [6.45, 7) is 10.4. The van der Waals surface area contributed by atoms with Crippen molar-refractivity contribution >= 4 is 38.8 Å². The largest absolute Gasteiger partial charge is 0.490 e. The van der Waals surface area contributed by atoms with Gasteiger partial charge in [-0.05, 0) is 123 Å². The highest BCUT2D eigenvalue weighted by Crippen LogP contribution is 2.49. The molecule has 2 saturated heterocycles. The number of fused-ring (bicyclic) bond motifs is 5. The van der Waals surface area contributed by atoms with Crippen LogP contribution in [0, 0.1) is 17.8 Å². The molecule has 294 valence electrons. The second kappa shape index (κ2) is 15.0. The van der Waals surface area contributed by atoms with Crippen LogP contribution in [0.15, 0.2) is 48.6 Å². The van der Waals surface area contributed by atoms with E-state index in [9.17, 15) is 13.4 Å². The van der Waals surface area contributed by atoms with Gasteiger partial charge in [0.05, 0.1) is 22.0 Å². The number of rotatable bonds is 3. The van der Waals surface area contributed by atoms with Gasteiger partial charge in [-0.2, -0.15) is 0 Å². The van der Waals surface area contributed by atoms with Gasteiger partial charge in [0.25, 0.3) is 5.91 Å². The molecule has 6 aliphatic rings. The average Bonchev–Trinajstić information content (AvgIpc) is 3.28. The van der Waals surface area contributed by atoms with Crippen LogP contribution < -0.4 is 14.4 Å². The van der Waals surface area contributed by atoms with E-state index in [1.54, 1.807) is 6.07 Å². The first-order chi connectivity index (χ1) is 25.9. The molecule has 0 aromatic heterocycles. The lowest BCUT2D eigenvalue weighted by Gasteiger charge is -2.53. The van der Waals surface area contributed by atoms with Crippen molar-refractivity contribution in [1.29, 1.82) is 0 Å². The molecule has 1 amide bonds. The van der Waals surface area contributed by atoms with E-state index in [2.05, 4.69) is 56.5 Å². The van der Waals surface area contributed by atoms with Crippen LogP contribution in [0.25, 0.3) is 0 Å². The van der Waals surface area contributed by atoms with E-state index in [1.165, 1.54) is 11.1 Å². The Kier molecular flexibility index (Phi) is 10.6. The first kappa shape index (κ1) is 38.3. The molecule has 4 aliphatic heterocycles. The third kappa shape index (κ3) is 7.23. The SMILES string of the molecule is C=S1(=O)NC(=O)c2ccc3c(c2)N(C[C@@H]2CC[C@H]2[C@](CN2CCN4CC[C@H](F)C[C@@H]4C2)(OC)/C=C/C[C@H](C)[C@H]1C)C[C@@]1(CCCc2cc(Cl)ccc21)CO3. The summed E-state index contributed by atoms with van der Waals surface area (Å²) in [5.74, 6) is 5.03. The highest BCUT2D eigenvalue weighted by molar-refractivity contribution is 7.99. The molecule has 2 aromatic rings. The Morgan fingerprint density at radius 1 is 1.11 bits per heavy atom. The minimum Gasteiger partial charge on any atom is -0.490 e. The second-order valence-corrected chi connectivity index (χ2v) is 20.3. The summed E-state index contributed by atoms with van der Waals surface area (Å²) in [7, 11) is -1.12. The summed E-state index contributed by atoms with van der Waals surface area (Å²) in [6.07, 6.45) is 10.9. The van der Waals surface area contributed by atoms with Crippen molar-refractivity contribution in [2.45, 2.75) is 93.7 Å². The van der Waals surface area contributed by atoms with E-state index < -0.39 is 21.5 Å². The number of halogens is 2. The molecule has 2 aliphatic carbocycles. The number of methoxy groups -OCH3 is 1. The number of hydrogen-bond donors (Lipinski definition) is 1. The van der Waals surface area contributed by atoms with Gasteiger partial charge in [0.15, 0.2) is 0 Å². The summed E-state index contributed by atoms with van der Waals surface area (Å²) < 4.78 is 45.0. The zero-order valence-corrected chi connectivity index (χ0v) is 33.8. The van der Waals surface area contributed by atoms with Gasteiger partial charge < -0.3 is 14.4 Å². The van der Waals surface area contributed by atoms with Crippen LogP contribution >= 0.6 is 11.6 Å². The Morgan fingerprint density at radius 2 is 1.96 bits per heavy atom. The monoisotopic (exact) mass is 780 g/mol. The Balaban J connectivity index is 1.18. The summed E-state index contributed by atoms with van der Waals surface area (Å²) in [4.78, 5) is 21.3. The molecule has 11 heteroatoms. The van der Waals surface area contributed by atoms with Gasteiger partial charge in [-0.1, -0.05) is 36.7 Å². The Labute approximate surface area is 326 Å². The highest BCUT2D eigenvalue weighted by Gasteiger charge is 2.50. The number of nitrogens with zero attached hydrogens (tertiary/aromatic N) is 3. The maximum atomic E-state index is 14.6. The molecule has 0 radical (unpaired) electrons. The number of carbonyl (C=O) groups is 1. The number of piperazine rings is 1. The standard InChI is InChI=1S/C43H58ClFN4O4S/c1-29-7-5-17-43(52-3,27-47-19-20-48-18-15-35(45)23-36(48)25-47)38-12-9-33(38)24-49-26-42(16-6-8-31-21-34(44)11-13-37(31)42)28-53-40-14-10-32(22-39(40)49)41(50)46-54(4,51)30(29)2/h5,10-11,13-14,17,21-22,29-30,33,35-36,38H,4,6-9,12,15-16,18-20,23-28H2,1-3H3,(H,46,50,51)/b17-5+/t29-,30+,33-,35-,36+,38+,42-,43-,54?/m0/s1. The van der Waals surface area contributed by atoms with E-state index >= 15 is 0 Å². The normalized spacial score (nSPS) is 38.2. The lowest BCUT2D eigenvalue weighted by molar-refractivity contribution is -0.101. The molecule has 9 atom stereocenters. The molecule has 1 spiro atoms. The van der Waals surface area contributed by atoms with E-state index in [0.29, 0.717) is 37.4 Å². The molecule has 54 heavy (non-hydrogen) atoms. The quantitative estimate of drug-likeness (QED) is 0.275. The highest BCUT2D eigenvalue weighted by atomic mass is 35.5. The number of hydrogen-bond acceptors (Lipinski definition) is 7. The van der Waals surface area contributed by atoms with Gasteiger partial charge in [-0.15, -0.1) is 0 Å². The van der Waals surface area contributed by atoms with Crippen molar-refractivity contribution in [3.8, 4) is 5.75 Å². The number of aryl methyl sites for hydroxylation is 1. The third-order valence-corrected chi connectivity index (χ3v) is 16.6. The molecule has 4 heterocycles. The molecule has 1 unspecified atom stereocenters. The van der Waals surface area contributed by atoms with Crippen LogP contribution in [-0.2, 0) is 26.3 Å². The fraction of sp³-hybridized carbons (Fsp3) is 0.628. The van der Waals surface area contributed by atoms with Crippen LogP contribution in [0.5, 0.6) is 5.75 Å². The number of nitrogens with one attached hydrogen (secondary N) is 1. The van der Waals surface area contributed by atoms with Gasteiger partial charge in [-0.25, -0.2) is 8.60 Å². The molecule has 2 bridgehead atoms. The van der Waals surface area contributed by atoms with Crippen molar-refractivity contribution < 1.29 is 22.9 Å². The molecular formula is C43H58ClFN4O4S. The number of allylic oxidation sites excluding steroid dienone is 1. The molecule has 3 fully saturated rings. The van der Waals surface area contributed by atoms with Crippen molar-refractivity contribution in [2.75, 3.05) is 64.4 Å². The van der Waals surface area contributed by atoms with Gasteiger partial charge in [0.2, 0.25) is 0 Å². The summed E-state index contributed by atoms with van der Waals surface area (Å²) in [5, 5.41) is 0.395. The maximum absolute atomic E-state index is 14.6. The smallest absolute Gasteiger partial charge is 0.262 e. The summed E-state index contributed by atoms with van der Waals surface area (Å²) >= 11 is 6.52. The van der Waals surface area contributed by atoms with E-state index in [1.807, 2.05) is 32.2 Å². The summed E-state index contributed by atoms with van der Waals surface area (Å²) in [6, 6.07) is 12.2. The van der Waals surface area contributed by atoms with Gasteiger partial charge in [0.1, 0.15) is 17.5 Å². The van der Waals surface area contributed by atoms with Crippen LogP contribution in [0.3, 0.4) is 0 Å². The van der Waals surface area contributed by atoms with Crippen molar-refractivity contribution in [2.24, 2.45) is 17.8 Å². The number of benzene rings is 2. The zero-order valence-electron chi connectivity index (χ0n) is 32.2. The van der Waals surface area contributed by atoms with Crippen LogP contribution in [0.4, 0.5) is 10.1 Å². The number of ether oxygens (including phenoxy) is 2. The minimum atomic E-state index is -2.98. The predicted molar refractivity (Wildman–Crippen MR) is 217 cm³/mol. The predicted octanol–water partition coefficient (Wildman–Crippen LogP) is 6.69. The van der Waals surface area contributed by atoms with Crippen molar-refractivity contribution in [3.63, 3.8) is 0 Å². The molecule has 1 saturated carbocycles. The topological polar surface area (TPSA) is 74.4 Å². The van der Waals surface area contributed by atoms with Gasteiger partial charge in [0, 0.05) is 80.2 Å². The first-order valence-corrected chi connectivity index (χ1v) is 22.4. The second-order valence-electron chi connectivity index (χ2n) is 17.4. The number of amides is 1. The van der Waals surface area contributed by atoms with E-state index in [0.717, 1.165) is 94.4 Å². The Hall–Kier alpha value is -2.63. The van der Waals surface area contributed by atoms with Gasteiger partial charge >= 0.3 is 0 Å². The number of anilines is 1. The Morgan fingerprint density at radius 3 is 2.76 bits per heavy atom. The fourth-order valence-electron chi connectivity index (χ4n) is 10.6. The van der Waals surface area contributed by atoms with Crippen LogP contribution in [0.1, 0.15) is 80.3 Å².